The highest BCUT2D eigenvalue weighted by Crippen LogP contribution is 2.31. The molecule has 1 nitrogen and oxygen atoms in total. The fourth-order valence-corrected chi connectivity index (χ4v) is 3.07. The predicted molar refractivity (Wildman–Crippen MR) is 85.7 cm³/mol. The number of hydrogen-bond donors (Lipinski definition) is 1. The molecule has 1 fully saturated rings. The maximum absolute atomic E-state index is 10.3. The van der Waals surface area contributed by atoms with Gasteiger partial charge >= 0.3 is 0 Å². The maximum Gasteiger partial charge on any atom is 0.0752 e. The SMILES string of the molecule is C=C(C)C/C(CCc1ccccc1)=C1\CCCCC1O. The fraction of sp³-hybridized carbons (Fsp3) is 0.474. The summed E-state index contributed by atoms with van der Waals surface area (Å²) in [6, 6.07) is 10.6. The molecule has 108 valence electrons. The van der Waals surface area contributed by atoms with Crippen molar-refractivity contribution < 1.29 is 5.11 Å². The first-order valence-corrected chi connectivity index (χ1v) is 7.74. The van der Waals surface area contributed by atoms with Crippen molar-refractivity contribution in [2.24, 2.45) is 0 Å². The average Bonchev–Trinajstić information content (AvgIpc) is 2.45. The van der Waals surface area contributed by atoms with Crippen LogP contribution in [0.15, 0.2) is 53.6 Å². The Balaban J connectivity index is 2.11. The topological polar surface area (TPSA) is 20.2 Å². The van der Waals surface area contributed by atoms with Crippen LogP contribution in [0.2, 0.25) is 0 Å². The third-order valence-corrected chi connectivity index (χ3v) is 4.10. The Bertz CT molecular complexity index is 470. The number of allylic oxidation sites excluding steroid dienone is 2. The first-order valence-electron chi connectivity index (χ1n) is 7.74. The minimum Gasteiger partial charge on any atom is -0.389 e. The summed E-state index contributed by atoms with van der Waals surface area (Å²) in [5.41, 5.74) is 5.29. The number of benzene rings is 1. The maximum atomic E-state index is 10.3. The summed E-state index contributed by atoms with van der Waals surface area (Å²) in [7, 11) is 0. The van der Waals surface area contributed by atoms with Gasteiger partial charge in [0.2, 0.25) is 0 Å². The van der Waals surface area contributed by atoms with Crippen LogP contribution < -0.4 is 0 Å². The van der Waals surface area contributed by atoms with E-state index >= 15 is 0 Å². The minimum absolute atomic E-state index is 0.214. The molecular weight excluding hydrogens is 244 g/mol. The number of hydrogen-bond acceptors (Lipinski definition) is 1. The normalized spacial score (nSPS) is 21.6. The zero-order chi connectivity index (χ0) is 14.4. The van der Waals surface area contributed by atoms with Crippen LogP contribution in [-0.2, 0) is 6.42 Å². The number of aryl methyl sites for hydroxylation is 1. The van der Waals surface area contributed by atoms with Gasteiger partial charge in [0.05, 0.1) is 6.10 Å². The fourth-order valence-electron chi connectivity index (χ4n) is 3.07. The van der Waals surface area contributed by atoms with Gasteiger partial charge in [-0.3, -0.25) is 0 Å². The molecule has 0 aromatic heterocycles. The molecular formula is C19H26O. The lowest BCUT2D eigenvalue weighted by Crippen LogP contribution is -2.17. The summed E-state index contributed by atoms with van der Waals surface area (Å²) in [6.07, 6.45) is 7.20. The molecule has 0 bridgehead atoms. The molecule has 1 aromatic rings. The molecule has 1 atom stereocenters. The zero-order valence-electron chi connectivity index (χ0n) is 12.6. The molecule has 1 N–H and O–H groups in total. The van der Waals surface area contributed by atoms with E-state index in [4.69, 9.17) is 0 Å². The third-order valence-electron chi connectivity index (χ3n) is 4.10. The third kappa shape index (κ3) is 4.35. The number of aliphatic hydroxyl groups excluding tert-OH is 1. The standard InChI is InChI=1S/C19H26O/c1-15(2)14-17(18-10-6-7-11-19(18)20)13-12-16-8-4-3-5-9-16/h3-5,8-9,19-20H,1,6-7,10-14H2,2H3/b18-17+. The molecule has 1 aliphatic carbocycles. The van der Waals surface area contributed by atoms with E-state index in [9.17, 15) is 5.11 Å². The van der Waals surface area contributed by atoms with Crippen molar-refractivity contribution in [2.75, 3.05) is 0 Å². The van der Waals surface area contributed by atoms with Crippen LogP contribution in [0.1, 0.15) is 51.0 Å². The Morgan fingerprint density at radius 2 is 2.00 bits per heavy atom. The van der Waals surface area contributed by atoms with Crippen molar-refractivity contribution in [1.29, 1.82) is 0 Å². The van der Waals surface area contributed by atoms with E-state index in [0.717, 1.165) is 38.5 Å². The first-order chi connectivity index (χ1) is 9.66. The highest BCUT2D eigenvalue weighted by Gasteiger charge is 2.19. The number of aliphatic hydroxyl groups is 1. The molecule has 0 radical (unpaired) electrons. The van der Waals surface area contributed by atoms with E-state index < -0.39 is 0 Å². The van der Waals surface area contributed by atoms with E-state index in [1.54, 1.807) is 0 Å². The molecule has 0 heterocycles. The van der Waals surface area contributed by atoms with Crippen molar-refractivity contribution in [3.63, 3.8) is 0 Å². The van der Waals surface area contributed by atoms with Crippen LogP contribution in [0, 0.1) is 0 Å². The Morgan fingerprint density at radius 1 is 1.25 bits per heavy atom. The van der Waals surface area contributed by atoms with Crippen LogP contribution in [0.5, 0.6) is 0 Å². The van der Waals surface area contributed by atoms with E-state index in [1.807, 2.05) is 0 Å². The van der Waals surface area contributed by atoms with Crippen LogP contribution in [0.3, 0.4) is 0 Å². The summed E-state index contributed by atoms with van der Waals surface area (Å²) in [6.45, 7) is 6.14. The second-order valence-corrected chi connectivity index (χ2v) is 6.01. The lowest BCUT2D eigenvalue weighted by molar-refractivity contribution is 0.176. The van der Waals surface area contributed by atoms with Crippen molar-refractivity contribution in [2.45, 2.75) is 58.0 Å². The van der Waals surface area contributed by atoms with Crippen LogP contribution in [0.4, 0.5) is 0 Å². The van der Waals surface area contributed by atoms with Gasteiger partial charge in [-0.15, -0.1) is 0 Å². The lowest BCUT2D eigenvalue weighted by Gasteiger charge is -2.25. The largest absolute Gasteiger partial charge is 0.389 e. The van der Waals surface area contributed by atoms with Gasteiger partial charge in [0, 0.05) is 0 Å². The van der Waals surface area contributed by atoms with Crippen LogP contribution >= 0.6 is 0 Å². The Hall–Kier alpha value is -1.34. The van der Waals surface area contributed by atoms with Gasteiger partial charge in [-0.25, -0.2) is 0 Å². The molecule has 0 saturated heterocycles. The van der Waals surface area contributed by atoms with Crippen molar-refractivity contribution >= 4 is 0 Å². The highest BCUT2D eigenvalue weighted by atomic mass is 16.3. The molecule has 1 aromatic carbocycles. The van der Waals surface area contributed by atoms with Gasteiger partial charge in [0.1, 0.15) is 0 Å². The molecule has 1 saturated carbocycles. The van der Waals surface area contributed by atoms with Crippen molar-refractivity contribution in [3.05, 3.63) is 59.2 Å². The van der Waals surface area contributed by atoms with E-state index in [0.29, 0.717) is 0 Å². The summed E-state index contributed by atoms with van der Waals surface area (Å²) in [4.78, 5) is 0. The molecule has 2 rings (SSSR count). The van der Waals surface area contributed by atoms with Gasteiger partial charge in [0.25, 0.3) is 0 Å². The smallest absolute Gasteiger partial charge is 0.0752 e. The molecule has 0 amide bonds. The highest BCUT2D eigenvalue weighted by molar-refractivity contribution is 5.26. The van der Waals surface area contributed by atoms with Gasteiger partial charge in [-0.1, -0.05) is 54.5 Å². The Kier molecular flexibility index (Phi) is 5.60. The first kappa shape index (κ1) is 15.1. The Labute approximate surface area is 123 Å². The van der Waals surface area contributed by atoms with E-state index in [-0.39, 0.29) is 6.10 Å². The van der Waals surface area contributed by atoms with E-state index in [2.05, 4.69) is 43.8 Å². The van der Waals surface area contributed by atoms with Crippen LogP contribution in [-0.4, -0.2) is 11.2 Å². The molecule has 1 aliphatic rings. The molecule has 20 heavy (non-hydrogen) atoms. The van der Waals surface area contributed by atoms with Crippen molar-refractivity contribution in [3.8, 4) is 0 Å². The van der Waals surface area contributed by atoms with Gasteiger partial charge in [0.15, 0.2) is 0 Å². The van der Waals surface area contributed by atoms with E-state index in [1.165, 1.54) is 28.7 Å². The second-order valence-electron chi connectivity index (χ2n) is 6.01. The van der Waals surface area contributed by atoms with Gasteiger partial charge < -0.3 is 5.11 Å². The van der Waals surface area contributed by atoms with Gasteiger partial charge in [-0.05, 0) is 56.6 Å². The average molecular weight is 270 g/mol. The monoisotopic (exact) mass is 270 g/mol. The summed E-state index contributed by atoms with van der Waals surface area (Å²) < 4.78 is 0. The summed E-state index contributed by atoms with van der Waals surface area (Å²) >= 11 is 0. The molecule has 0 aliphatic heterocycles. The zero-order valence-corrected chi connectivity index (χ0v) is 12.6. The summed E-state index contributed by atoms with van der Waals surface area (Å²) in [5.74, 6) is 0. The van der Waals surface area contributed by atoms with Crippen LogP contribution in [0.25, 0.3) is 0 Å². The summed E-state index contributed by atoms with van der Waals surface area (Å²) in [5, 5.41) is 10.3. The van der Waals surface area contributed by atoms with Crippen molar-refractivity contribution in [1.82, 2.24) is 0 Å². The molecule has 0 spiro atoms. The number of rotatable bonds is 5. The Morgan fingerprint density at radius 3 is 2.65 bits per heavy atom. The van der Waals surface area contributed by atoms with Gasteiger partial charge in [-0.2, -0.15) is 0 Å². The predicted octanol–water partition coefficient (Wildman–Crippen LogP) is 4.82. The lowest BCUT2D eigenvalue weighted by atomic mass is 9.84. The molecule has 1 unspecified atom stereocenters. The molecule has 1 heteroatoms. The quantitative estimate of drug-likeness (QED) is 0.761. The minimum atomic E-state index is -0.214. The second kappa shape index (κ2) is 7.44.